The fourth-order valence-electron chi connectivity index (χ4n) is 2.32. The minimum atomic E-state index is 0.370. The first-order chi connectivity index (χ1) is 9.65. The van der Waals surface area contributed by atoms with Gasteiger partial charge < -0.3 is 14.8 Å². The summed E-state index contributed by atoms with van der Waals surface area (Å²) in [6.07, 6.45) is 1.18. The van der Waals surface area contributed by atoms with Crippen LogP contribution in [0.25, 0.3) is 0 Å². The Kier molecular flexibility index (Phi) is 5.86. The van der Waals surface area contributed by atoms with E-state index in [0.29, 0.717) is 17.9 Å². The highest BCUT2D eigenvalue weighted by atomic mass is 16.5. The summed E-state index contributed by atoms with van der Waals surface area (Å²) in [4.78, 5) is 0. The number of nitrogens with one attached hydrogen (secondary N) is 1. The quantitative estimate of drug-likeness (QED) is 0.828. The molecular formula is C17H27NO2. The molecule has 1 fully saturated rings. The van der Waals surface area contributed by atoms with Crippen LogP contribution in [-0.2, 0) is 4.74 Å². The third-order valence-electron chi connectivity index (χ3n) is 3.70. The lowest BCUT2D eigenvalue weighted by molar-refractivity contribution is 0.184. The molecule has 1 aliphatic heterocycles. The molecule has 1 aromatic rings. The molecule has 1 N–H and O–H groups in total. The van der Waals surface area contributed by atoms with Gasteiger partial charge in [0.05, 0.1) is 13.2 Å². The zero-order chi connectivity index (χ0) is 14.4. The van der Waals surface area contributed by atoms with Crippen molar-refractivity contribution in [1.29, 1.82) is 0 Å². The summed E-state index contributed by atoms with van der Waals surface area (Å²) in [5.41, 5.74) is 1.31. The van der Waals surface area contributed by atoms with Crippen LogP contribution in [0.5, 0.6) is 5.75 Å². The van der Waals surface area contributed by atoms with Crippen LogP contribution in [-0.4, -0.2) is 26.4 Å². The fourth-order valence-corrected chi connectivity index (χ4v) is 2.32. The molecule has 2 unspecified atom stereocenters. The van der Waals surface area contributed by atoms with Crippen molar-refractivity contribution in [3.8, 4) is 5.75 Å². The topological polar surface area (TPSA) is 30.5 Å². The highest BCUT2D eigenvalue weighted by Crippen LogP contribution is 2.19. The van der Waals surface area contributed by atoms with Crippen LogP contribution in [0.3, 0.4) is 0 Å². The molecular weight excluding hydrogens is 250 g/mol. The minimum absolute atomic E-state index is 0.370. The second kappa shape index (κ2) is 7.65. The summed E-state index contributed by atoms with van der Waals surface area (Å²) >= 11 is 0. The van der Waals surface area contributed by atoms with E-state index >= 15 is 0 Å². The van der Waals surface area contributed by atoms with Crippen LogP contribution in [0.4, 0.5) is 0 Å². The van der Waals surface area contributed by atoms with Crippen LogP contribution >= 0.6 is 0 Å². The Hall–Kier alpha value is -1.06. The zero-order valence-corrected chi connectivity index (χ0v) is 12.9. The average molecular weight is 277 g/mol. The van der Waals surface area contributed by atoms with Crippen molar-refractivity contribution in [2.45, 2.75) is 33.2 Å². The van der Waals surface area contributed by atoms with Crippen LogP contribution in [0.15, 0.2) is 24.3 Å². The molecule has 0 bridgehead atoms. The Morgan fingerprint density at radius 2 is 2.00 bits per heavy atom. The van der Waals surface area contributed by atoms with Gasteiger partial charge in [0, 0.05) is 19.2 Å². The fraction of sp³-hybridized carbons (Fsp3) is 0.647. The molecule has 3 nitrogen and oxygen atoms in total. The third-order valence-corrected chi connectivity index (χ3v) is 3.70. The van der Waals surface area contributed by atoms with Gasteiger partial charge in [0.15, 0.2) is 0 Å². The summed E-state index contributed by atoms with van der Waals surface area (Å²) in [5, 5.41) is 3.59. The predicted molar refractivity (Wildman–Crippen MR) is 82.1 cm³/mol. The monoisotopic (exact) mass is 277 g/mol. The zero-order valence-electron chi connectivity index (χ0n) is 12.9. The summed E-state index contributed by atoms with van der Waals surface area (Å²) in [6, 6.07) is 8.80. The Bertz CT molecular complexity index is 382. The van der Waals surface area contributed by atoms with Crippen molar-refractivity contribution in [2.24, 2.45) is 11.8 Å². The van der Waals surface area contributed by atoms with Crippen LogP contribution in [0, 0.1) is 11.8 Å². The van der Waals surface area contributed by atoms with Gasteiger partial charge in [-0.2, -0.15) is 0 Å². The van der Waals surface area contributed by atoms with Crippen LogP contribution in [0.2, 0.25) is 0 Å². The van der Waals surface area contributed by atoms with E-state index in [1.165, 1.54) is 12.0 Å². The average Bonchev–Trinajstić information content (AvgIpc) is 2.96. The normalized spacial score (nSPS) is 20.3. The molecule has 1 aromatic carbocycles. The molecule has 0 saturated carbocycles. The molecule has 20 heavy (non-hydrogen) atoms. The standard InChI is InChI=1S/C17H27NO2/c1-13(2)11-20-17-6-4-16(5-7-17)14(3)18-10-15-8-9-19-12-15/h4-7,13-15,18H,8-12H2,1-3H3. The van der Waals surface area contributed by atoms with Crippen molar-refractivity contribution in [1.82, 2.24) is 5.32 Å². The maximum atomic E-state index is 5.71. The predicted octanol–water partition coefficient (Wildman–Crippen LogP) is 3.41. The van der Waals surface area contributed by atoms with Crippen molar-refractivity contribution >= 4 is 0 Å². The first-order valence-electron chi connectivity index (χ1n) is 7.69. The first-order valence-corrected chi connectivity index (χ1v) is 7.69. The maximum Gasteiger partial charge on any atom is 0.119 e. The molecule has 0 spiro atoms. The van der Waals surface area contributed by atoms with Gasteiger partial charge in [-0.3, -0.25) is 0 Å². The van der Waals surface area contributed by atoms with E-state index in [0.717, 1.165) is 32.1 Å². The molecule has 2 atom stereocenters. The summed E-state index contributed by atoms with van der Waals surface area (Å²) < 4.78 is 11.1. The highest BCUT2D eigenvalue weighted by Gasteiger charge is 2.16. The smallest absolute Gasteiger partial charge is 0.119 e. The van der Waals surface area contributed by atoms with Gasteiger partial charge >= 0.3 is 0 Å². The lowest BCUT2D eigenvalue weighted by Gasteiger charge is -2.17. The van der Waals surface area contributed by atoms with Crippen LogP contribution in [0.1, 0.15) is 38.8 Å². The Labute approximate surface area is 122 Å². The van der Waals surface area contributed by atoms with Crippen LogP contribution < -0.4 is 10.1 Å². The Morgan fingerprint density at radius 3 is 2.60 bits per heavy atom. The molecule has 1 aliphatic rings. The number of ether oxygens (including phenoxy) is 2. The molecule has 0 amide bonds. The molecule has 1 saturated heterocycles. The molecule has 1 heterocycles. The van der Waals surface area contributed by atoms with E-state index in [-0.39, 0.29) is 0 Å². The summed E-state index contributed by atoms with van der Waals surface area (Å²) in [6.45, 7) is 10.2. The summed E-state index contributed by atoms with van der Waals surface area (Å²) in [5.74, 6) is 2.19. The van der Waals surface area contributed by atoms with Crippen molar-refractivity contribution in [3.63, 3.8) is 0 Å². The van der Waals surface area contributed by atoms with Gasteiger partial charge in [0.2, 0.25) is 0 Å². The number of rotatable bonds is 7. The molecule has 0 aliphatic carbocycles. The lowest BCUT2D eigenvalue weighted by Crippen LogP contribution is -2.25. The van der Waals surface area contributed by atoms with Crippen molar-refractivity contribution in [3.05, 3.63) is 29.8 Å². The first kappa shape index (κ1) is 15.3. The van der Waals surface area contributed by atoms with E-state index in [1.807, 2.05) is 0 Å². The highest BCUT2D eigenvalue weighted by molar-refractivity contribution is 5.28. The molecule has 0 aromatic heterocycles. The third kappa shape index (κ3) is 4.80. The molecule has 112 valence electrons. The molecule has 2 rings (SSSR count). The van der Waals surface area contributed by atoms with Gasteiger partial charge in [-0.25, -0.2) is 0 Å². The molecule has 0 radical (unpaired) electrons. The van der Waals surface area contributed by atoms with E-state index in [2.05, 4.69) is 50.4 Å². The van der Waals surface area contributed by atoms with Gasteiger partial charge in [-0.1, -0.05) is 26.0 Å². The molecule has 3 heteroatoms. The van der Waals surface area contributed by atoms with E-state index < -0.39 is 0 Å². The maximum absolute atomic E-state index is 5.71. The van der Waals surface area contributed by atoms with E-state index in [9.17, 15) is 0 Å². The van der Waals surface area contributed by atoms with Gasteiger partial charge in [0.25, 0.3) is 0 Å². The minimum Gasteiger partial charge on any atom is -0.493 e. The van der Waals surface area contributed by atoms with Gasteiger partial charge in [0.1, 0.15) is 5.75 Å². The second-order valence-electron chi connectivity index (χ2n) is 6.13. The summed E-state index contributed by atoms with van der Waals surface area (Å²) in [7, 11) is 0. The van der Waals surface area contributed by atoms with Crippen molar-refractivity contribution in [2.75, 3.05) is 26.4 Å². The SMILES string of the molecule is CC(C)COc1ccc(C(C)NCC2CCOC2)cc1. The second-order valence-corrected chi connectivity index (χ2v) is 6.13. The Balaban J connectivity index is 1.78. The number of hydrogen-bond donors (Lipinski definition) is 1. The largest absolute Gasteiger partial charge is 0.493 e. The lowest BCUT2D eigenvalue weighted by atomic mass is 10.1. The Morgan fingerprint density at radius 1 is 1.25 bits per heavy atom. The van der Waals surface area contributed by atoms with E-state index in [1.54, 1.807) is 0 Å². The number of benzene rings is 1. The van der Waals surface area contributed by atoms with Gasteiger partial charge in [-0.15, -0.1) is 0 Å². The van der Waals surface area contributed by atoms with Crippen molar-refractivity contribution < 1.29 is 9.47 Å². The van der Waals surface area contributed by atoms with E-state index in [4.69, 9.17) is 9.47 Å². The van der Waals surface area contributed by atoms with Gasteiger partial charge in [-0.05, 0) is 42.9 Å². The number of hydrogen-bond acceptors (Lipinski definition) is 3.